The molecule has 82 valence electrons. The van der Waals surface area contributed by atoms with Crippen molar-refractivity contribution in [2.75, 3.05) is 0 Å². The number of carbonyl (C=O) groups excluding carboxylic acids is 1. The minimum Gasteiger partial charge on any atom is -0.296 e. The highest BCUT2D eigenvalue weighted by Gasteiger charge is 2.12. The molecule has 2 rings (SSSR count). The normalized spacial score (nSPS) is 10.4. The third kappa shape index (κ3) is 1.94. The van der Waals surface area contributed by atoms with Crippen molar-refractivity contribution < 1.29 is 9.18 Å². The zero-order valence-corrected chi connectivity index (χ0v) is 10.6. The predicted octanol–water partition coefficient (Wildman–Crippen LogP) is 2.48. The first-order chi connectivity index (χ1) is 7.63. The molecule has 0 fully saturated rings. The van der Waals surface area contributed by atoms with Gasteiger partial charge in [0.15, 0.2) is 12.1 Å². The smallest absolute Gasteiger partial charge is 0.171 e. The summed E-state index contributed by atoms with van der Waals surface area (Å²) in [5, 5.41) is 7.35. The van der Waals surface area contributed by atoms with Crippen LogP contribution in [0.1, 0.15) is 10.5 Å². The fourth-order valence-electron chi connectivity index (χ4n) is 1.14. The van der Waals surface area contributed by atoms with Gasteiger partial charge in [-0.2, -0.15) is 0 Å². The van der Waals surface area contributed by atoms with E-state index in [9.17, 15) is 9.18 Å². The Morgan fingerprint density at radius 1 is 1.50 bits per heavy atom. The Bertz CT molecular complexity index is 558. The quantitative estimate of drug-likeness (QED) is 0.474. The second kappa shape index (κ2) is 4.46. The summed E-state index contributed by atoms with van der Waals surface area (Å²) >= 11 is 7.44. The van der Waals surface area contributed by atoms with E-state index in [4.69, 9.17) is 11.6 Å². The first-order valence-electron chi connectivity index (χ1n) is 4.15. The summed E-state index contributed by atoms with van der Waals surface area (Å²) in [7, 11) is 0. The number of benzene rings is 1. The molecule has 0 amide bonds. The molecule has 0 aliphatic rings. The standard InChI is InChI=1S/C9H4ClFIN3O/c10-6-1-2-7(9(12)8(6)11)15-3-5(4-16)13-14-15/h1-4H. The maximum absolute atomic E-state index is 13.5. The van der Waals surface area contributed by atoms with Crippen molar-refractivity contribution in [1.29, 1.82) is 0 Å². The second-order valence-corrected chi connectivity index (χ2v) is 4.39. The van der Waals surface area contributed by atoms with Crippen LogP contribution in [0, 0.1) is 9.39 Å². The van der Waals surface area contributed by atoms with Crippen molar-refractivity contribution >= 4 is 40.5 Å². The molecule has 0 saturated carbocycles. The van der Waals surface area contributed by atoms with E-state index in [0.29, 0.717) is 15.5 Å². The van der Waals surface area contributed by atoms with Gasteiger partial charge in [0.1, 0.15) is 5.69 Å². The van der Waals surface area contributed by atoms with Gasteiger partial charge in [-0.1, -0.05) is 16.8 Å². The summed E-state index contributed by atoms with van der Waals surface area (Å²) in [4.78, 5) is 10.4. The molecule has 16 heavy (non-hydrogen) atoms. The monoisotopic (exact) mass is 351 g/mol. The van der Waals surface area contributed by atoms with E-state index >= 15 is 0 Å². The van der Waals surface area contributed by atoms with E-state index in [1.807, 2.05) is 22.6 Å². The molecule has 0 unspecified atom stereocenters. The van der Waals surface area contributed by atoms with Gasteiger partial charge in [-0.3, -0.25) is 4.79 Å². The largest absolute Gasteiger partial charge is 0.296 e. The number of hydrogen-bond donors (Lipinski definition) is 0. The van der Waals surface area contributed by atoms with Crippen LogP contribution >= 0.6 is 34.2 Å². The minimum absolute atomic E-state index is 0.0453. The van der Waals surface area contributed by atoms with Crippen LogP contribution in [0.3, 0.4) is 0 Å². The van der Waals surface area contributed by atoms with Crippen LogP contribution in [-0.4, -0.2) is 21.3 Å². The number of hydrogen-bond acceptors (Lipinski definition) is 3. The van der Waals surface area contributed by atoms with Gasteiger partial charge in [-0.25, -0.2) is 9.07 Å². The number of rotatable bonds is 2. The molecule has 0 saturated heterocycles. The number of nitrogens with zero attached hydrogens (tertiary/aromatic N) is 3. The van der Waals surface area contributed by atoms with E-state index in [1.54, 1.807) is 6.07 Å². The molecule has 0 atom stereocenters. The molecule has 0 bridgehead atoms. The van der Waals surface area contributed by atoms with Gasteiger partial charge in [0.25, 0.3) is 0 Å². The van der Waals surface area contributed by atoms with Crippen molar-refractivity contribution in [2.45, 2.75) is 0 Å². The summed E-state index contributed by atoms with van der Waals surface area (Å²) in [5.41, 5.74) is 0.675. The van der Waals surface area contributed by atoms with Crippen LogP contribution in [0.4, 0.5) is 4.39 Å². The molecule has 0 N–H and O–H groups in total. The minimum atomic E-state index is -0.511. The Kier molecular flexibility index (Phi) is 3.20. The van der Waals surface area contributed by atoms with Crippen molar-refractivity contribution in [3.63, 3.8) is 0 Å². The van der Waals surface area contributed by atoms with Crippen LogP contribution in [0.5, 0.6) is 0 Å². The second-order valence-electron chi connectivity index (χ2n) is 2.90. The first-order valence-corrected chi connectivity index (χ1v) is 5.60. The molecule has 4 nitrogen and oxygen atoms in total. The van der Waals surface area contributed by atoms with Crippen molar-refractivity contribution in [3.05, 3.63) is 38.4 Å². The zero-order valence-electron chi connectivity index (χ0n) is 7.69. The fourth-order valence-corrected chi connectivity index (χ4v) is 2.18. The Hall–Kier alpha value is -1.02. The third-order valence-corrected chi connectivity index (χ3v) is 3.21. The van der Waals surface area contributed by atoms with Crippen molar-refractivity contribution in [1.82, 2.24) is 15.0 Å². The highest BCUT2D eigenvalue weighted by atomic mass is 127. The number of aromatic nitrogens is 3. The average molecular weight is 352 g/mol. The first kappa shape index (κ1) is 11.5. The van der Waals surface area contributed by atoms with Crippen LogP contribution in [0.2, 0.25) is 5.02 Å². The van der Waals surface area contributed by atoms with Crippen molar-refractivity contribution in [2.24, 2.45) is 0 Å². The number of carbonyl (C=O) groups is 1. The maximum atomic E-state index is 13.5. The van der Waals surface area contributed by atoms with Gasteiger partial charge in [0.2, 0.25) is 0 Å². The summed E-state index contributed by atoms with van der Waals surface area (Å²) < 4.78 is 15.1. The summed E-state index contributed by atoms with van der Waals surface area (Å²) in [6, 6.07) is 3.03. The van der Waals surface area contributed by atoms with Gasteiger partial charge < -0.3 is 0 Å². The lowest BCUT2D eigenvalue weighted by Crippen LogP contribution is -2.00. The third-order valence-electron chi connectivity index (χ3n) is 1.89. The molecule has 7 heteroatoms. The predicted molar refractivity (Wildman–Crippen MR) is 64.4 cm³/mol. The molecular formula is C9H4ClFIN3O. The van der Waals surface area contributed by atoms with E-state index in [1.165, 1.54) is 16.9 Å². The van der Waals surface area contributed by atoms with Crippen LogP contribution in [0.25, 0.3) is 5.69 Å². The molecular weight excluding hydrogens is 347 g/mol. The highest BCUT2D eigenvalue weighted by molar-refractivity contribution is 14.1. The highest BCUT2D eigenvalue weighted by Crippen LogP contribution is 2.25. The molecule has 0 radical (unpaired) electrons. The lowest BCUT2D eigenvalue weighted by atomic mass is 10.3. The molecule has 1 aromatic carbocycles. The molecule has 1 heterocycles. The summed E-state index contributed by atoms with van der Waals surface area (Å²) in [6.45, 7) is 0. The fraction of sp³-hybridized carbons (Fsp3) is 0. The number of aldehydes is 1. The molecule has 0 aliphatic heterocycles. The molecule has 0 aliphatic carbocycles. The van der Waals surface area contributed by atoms with Gasteiger partial charge in [0.05, 0.1) is 20.5 Å². The lowest BCUT2D eigenvalue weighted by Gasteiger charge is -2.05. The van der Waals surface area contributed by atoms with E-state index in [0.717, 1.165) is 0 Å². The zero-order chi connectivity index (χ0) is 11.7. The molecule has 2 aromatic rings. The Morgan fingerprint density at radius 3 is 2.88 bits per heavy atom. The van der Waals surface area contributed by atoms with Gasteiger partial charge >= 0.3 is 0 Å². The number of halogens is 3. The van der Waals surface area contributed by atoms with E-state index in [2.05, 4.69) is 10.3 Å². The Morgan fingerprint density at radius 2 is 2.25 bits per heavy atom. The summed E-state index contributed by atoms with van der Waals surface area (Å²) in [5.74, 6) is -0.511. The van der Waals surface area contributed by atoms with Crippen molar-refractivity contribution in [3.8, 4) is 5.69 Å². The SMILES string of the molecule is O=Cc1cn(-c2ccc(Cl)c(F)c2I)nn1. The maximum Gasteiger partial charge on any atom is 0.171 e. The Balaban J connectivity index is 2.56. The lowest BCUT2D eigenvalue weighted by molar-refractivity contribution is 0.111. The van der Waals surface area contributed by atoms with E-state index < -0.39 is 5.82 Å². The van der Waals surface area contributed by atoms with Gasteiger partial charge in [-0.05, 0) is 34.7 Å². The van der Waals surface area contributed by atoms with Gasteiger partial charge in [-0.15, -0.1) is 5.10 Å². The van der Waals surface area contributed by atoms with Gasteiger partial charge in [0, 0.05) is 0 Å². The topological polar surface area (TPSA) is 47.8 Å². The average Bonchev–Trinajstić information content (AvgIpc) is 2.74. The van der Waals surface area contributed by atoms with Crippen LogP contribution < -0.4 is 0 Å². The van der Waals surface area contributed by atoms with E-state index in [-0.39, 0.29) is 10.7 Å². The van der Waals surface area contributed by atoms with Crippen LogP contribution in [0.15, 0.2) is 18.3 Å². The van der Waals surface area contributed by atoms with Crippen LogP contribution in [-0.2, 0) is 0 Å². The molecule has 0 spiro atoms. The Labute approximate surface area is 109 Å². The summed E-state index contributed by atoms with van der Waals surface area (Å²) in [6.07, 6.45) is 1.99. The molecule has 1 aromatic heterocycles.